The summed E-state index contributed by atoms with van der Waals surface area (Å²) in [6.07, 6.45) is 12.3. The van der Waals surface area contributed by atoms with Gasteiger partial charge in [-0.25, -0.2) is 0 Å². The van der Waals surface area contributed by atoms with Crippen molar-refractivity contribution in [2.24, 2.45) is 34.5 Å². The van der Waals surface area contributed by atoms with E-state index in [1.165, 1.54) is 24.0 Å². The molecule has 34 heavy (non-hydrogen) atoms. The first-order valence-electron chi connectivity index (χ1n) is 13.3. The maximum atomic E-state index is 13.7. The molecule has 1 aromatic rings. The Kier molecular flexibility index (Phi) is 5.58. The maximum absolute atomic E-state index is 13.7. The monoisotopic (exact) mass is 456 g/mol. The number of nitriles is 1. The van der Waals surface area contributed by atoms with Crippen LogP contribution >= 0.6 is 0 Å². The van der Waals surface area contributed by atoms with Crippen molar-refractivity contribution in [2.75, 3.05) is 0 Å². The van der Waals surface area contributed by atoms with Crippen molar-refractivity contribution in [1.82, 2.24) is 5.32 Å². The van der Waals surface area contributed by atoms with Gasteiger partial charge in [-0.05, 0) is 112 Å². The molecule has 180 valence electrons. The van der Waals surface area contributed by atoms with Crippen LogP contribution in [0.3, 0.4) is 0 Å². The molecule has 1 amide bonds. The molecule has 0 saturated heterocycles. The molecule has 0 heterocycles. The molecule has 0 bridgehead atoms. The largest absolute Gasteiger partial charge is 0.347 e. The summed E-state index contributed by atoms with van der Waals surface area (Å²) in [7, 11) is 0. The first-order valence-corrected chi connectivity index (χ1v) is 13.3. The van der Waals surface area contributed by atoms with E-state index < -0.39 is 0 Å². The van der Waals surface area contributed by atoms with Crippen molar-refractivity contribution >= 4 is 5.91 Å². The Balaban J connectivity index is 1.36. The van der Waals surface area contributed by atoms with E-state index >= 15 is 0 Å². The summed E-state index contributed by atoms with van der Waals surface area (Å²) in [6.45, 7) is 11.2. The fourth-order valence-electron chi connectivity index (χ4n) is 8.28. The van der Waals surface area contributed by atoms with E-state index in [4.69, 9.17) is 0 Å². The normalized spacial score (nSPS) is 36.8. The standard InChI is InChI=1S/C31H40N2O/c1-20-6-8-22(9-7-20)29(2,3)33-28(34)27-13-12-25-24-11-10-23-18-21(19-32)14-16-30(23,4)26(24)15-17-31(25,27)5/h6-10,18,24-27H,11-17H2,1-5H3,(H,33,34)/t24-,25-,26-,27+,30-,31-/m0/s1. The Labute approximate surface area is 205 Å². The third-order valence-electron chi connectivity index (χ3n) is 10.4. The zero-order chi connectivity index (χ0) is 24.3. The van der Waals surface area contributed by atoms with E-state index in [1.54, 1.807) is 0 Å². The number of hydrogen-bond donors (Lipinski definition) is 1. The Morgan fingerprint density at radius 2 is 1.82 bits per heavy atom. The molecule has 1 N–H and O–H groups in total. The lowest BCUT2D eigenvalue weighted by Crippen LogP contribution is -2.52. The molecular weight excluding hydrogens is 416 g/mol. The fraction of sp³-hybridized carbons (Fsp3) is 0.613. The highest BCUT2D eigenvalue weighted by Crippen LogP contribution is 2.66. The first-order chi connectivity index (χ1) is 16.1. The minimum Gasteiger partial charge on any atom is -0.347 e. The van der Waals surface area contributed by atoms with Crippen LogP contribution < -0.4 is 5.32 Å². The summed E-state index contributed by atoms with van der Waals surface area (Å²) in [5.74, 6) is 2.28. The molecule has 0 unspecified atom stereocenters. The van der Waals surface area contributed by atoms with Gasteiger partial charge in [0.2, 0.25) is 5.91 Å². The van der Waals surface area contributed by atoms with Crippen molar-refractivity contribution in [2.45, 2.75) is 85.1 Å². The number of hydrogen-bond acceptors (Lipinski definition) is 2. The molecule has 0 spiro atoms. The van der Waals surface area contributed by atoms with Gasteiger partial charge in [0, 0.05) is 11.5 Å². The topological polar surface area (TPSA) is 52.9 Å². The van der Waals surface area contributed by atoms with Gasteiger partial charge in [0.25, 0.3) is 0 Å². The number of amides is 1. The van der Waals surface area contributed by atoms with Crippen LogP contribution in [0.25, 0.3) is 0 Å². The second kappa shape index (κ2) is 8.11. The van der Waals surface area contributed by atoms with Crippen LogP contribution in [0, 0.1) is 52.8 Å². The zero-order valence-electron chi connectivity index (χ0n) is 21.6. The van der Waals surface area contributed by atoms with Gasteiger partial charge < -0.3 is 5.32 Å². The molecule has 3 nitrogen and oxygen atoms in total. The summed E-state index contributed by atoms with van der Waals surface area (Å²) in [6, 6.07) is 10.9. The molecule has 0 radical (unpaired) electrons. The van der Waals surface area contributed by atoms with Crippen LogP contribution in [0.15, 0.2) is 47.6 Å². The highest BCUT2D eigenvalue weighted by molar-refractivity contribution is 5.81. The Morgan fingerprint density at radius 1 is 1.09 bits per heavy atom. The third-order valence-corrected chi connectivity index (χ3v) is 10.4. The molecule has 2 fully saturated rings. The summed E-state index contributed by atoms with van der Waals surface area (Å²) >= 11 is 0. The summed E-state index contributed by atoms with van der Waals surface area (Å²) in [4.78, 5) is 13.7. The lowest BCUT2D eigenvalue weighted by Gasteiger charge is -2.57. The molecule has 3 heteroatoms. The maximum Gasteiger partial charge on any atom is 0.224 e. The lowest BCUT2D eigenvalue weighted by atomic mass is 9.48. The number of carbonyl (C=O) groups excluding carboxylic acids is 1. The van der Waals surface area contributed by atoms with Crippen molar-refractivity contribution < 1.29 is 4.79 Å². The van der Waals surface area contributed by atoms with E-state index in [9.17, 15) is 10.1 Å². The van der Waals surface area contributed by atoms with Gasteiger partial charge in [0.05, 0.1) is 11.6 Å². The van der Waals surface area contributed by atoms with Crippen LogP contribution in [0.5, 0.6) is 0 Å². The van der Waals surface area contributed by atoms with Gasteiger partial charge >= 0.3 is 0 Å². The number of nitrogens with one attached hydrogen (secondary N) is 1. The average molecular weight is 457 g/mol. The minimum absolute atomic E-state index is 0.0820. The summed E-state index contributed by atoms with van der Waals surface area (Å²) in [5.41, 5.74) is 4.65. The Hall–Kier alpha value is -2.34. The van der Waals surface area contributed by atoms with Crippen LogP contribution in [-0.2, 0) is 10.3 Å². The van der Waals surface area contributed by atoms with Crippen LogP contribution in [0.4, 0.5) is 0 Å². The quantitative estimate of drug-likeness (QED) is 0.533. The molecule has 5 rings (SSSR count). The van der Waals surface area contributed by atoms with E-state index in [1.807, 2.05) is 0 Å². The minimum atomic E-state index is -0.376. The number of rotatable bonds is 3. The SMILES string of the molecule is Cc1ccc(C(C)(C)NC(=O)[C@H]2CC[C@H]3[C@@H]4CC=C5C=C(C#N)CC[C@]5(C)[C@H]4CC[C@]23C)cc1. The first kappa shape index (κ1) is 23.4. The molecule has 2 saturated carbocycles. The molecular formula is C31H40N2O. The molecule has 0 aromatic heterocycles. The van der Waals surface area contributed by atoms with Crippen molar-refractivity contribution in [3.05, 3.63) is 58.7 Å². The predicted molar refractivity (Wildman–Crippen MR) is 137 cm³/mol. The highest BCUT2D eigenvalue weighted by Gasteiger charge is 2.59. The third kappa shape index (κ3) is 3.57. The molecule has 6 atom stereocenters. The number of fused-ring (bicyclic) bond motifs is 5. The van der Waals surface area contributed by atoms with E-state index in [-0.39, 0.29) is 28.2 Å². The van der Waals surface area contributed by atoms with Gasteiger partial charge in [-0.2, -0.15) is 5.26 Å². The smallest absolute Gasteiger partial charge is 0.224 e. The molecule has 0 aliphatic heterocycles. The highest BCUT2D eigenvalue weighted by atomic mass is 16.2. The van der Waals surface area contributed by atoms with Crippen molar-refractivity contribution in [3.63, 3.8) is 0 Å². The average Bonchev–Trinajstić information content (AvgIpc) is 3.16. The fourth-order valence-corrected chi connectivity index (χ4v) is 8.28. The number of nitrogens with zero attached hydrogens (tertiary/aromatic N) is 1. The number of allylic oxidation sites excluding steroid dienone is 4. The van der Waals surface area contributed by atoms with Crippen LogP contribution in [0.2, 0.25) is 0 Å². The number of benzene rings is 1. The van der Waals surface area contributed by atoms with Gasteiger partial charge in [-0.1, -0.05) is 49.8 Å². The van der Waals surface area contributed by atoms with Crippen molar-refractivity contribution in [1.29, 1.82) is 5.26 Å². The van der Waals surface area contributed by atoms with Gasteiger partial charge in [0.15, 0.2) is 0 Å². The molecule has 4 aliphatic rings. The van der Waals surface area contributed by atoms with Crippen molar-refractivity contribution in [3.8, 4) is 6.07 Å². The zero-order valence-corrected chi connectivity index (χ0v) is 21.6. The van der Waals surface area contributed by atoms with E-state index in [2.05, 4.69) is 82.4 Å². The van der Waals surface area contributed by atoms with Gasteiger partial charge in [-0.3, -0.25) is 4.79 Å². The Morgan fingerprint density at radius 3 is 2.53 bits per heavy atom. The molecule has 1 aromatic carbocycles. The van der Waals surface area contributed by atoms with Gasteiger partial charge in [0.1, 0.15) is 0 Å². The van der Waals surface area contributed by atoms with E-state index in [0.29, 0.717) is 17.8 Å². The molecule has 4 aliphatic carbocycles. The number of aryl methyl sites for hydroxylation is 1. The Bertz CT molecular complexity index is 1090. The summed E-state index contributed by atoms with van der Waals surface area (Å²) in [5, 5.41) is 12.9. The summed E-state index contributed by atoms with van der Waals surface area (Å²) < 4.78 is 0. The van der Waals surface area contributed by atoms with E-state index in [0.717, 1.165) is 43.2 Å². The lowest BCUT2D eigenvalue weighted by molar-refractivity contribution is -0.133. The van der Waals surface area contributed by atoms with Crippen LogP contribution in [-0.4, -0.2) is 5.91 Å². The van der Waals surface area contributed by atoms with Crippen LogP contribution in [0.1, 0.15) is 83.8 Å². The number of carbonyl (C=O) groups is 1. The second-order valence-corrected chi connectivity index (χ2v) is 12.6. The second-order valence-electron chi connectivity index (χ2n) is 12.6. The van der Waals surface area contributed by atoms with Gasteiger partial charge in [-0.15, -0.1) is 0 Å². The predicted octanol–water partition coefficient (Wildman–Crippen LogP) is 6.99.